The van der Waals surface area contributed by atoms with Crippen LogP contribution in [0.5, 0.6) is 5.75 Å². The van der Waals surface area contributed by atoms with Crippen molar-refractivity contribution in [2.24, 2.45) is 11.8 Å². The van der Waals surface area contributed by atoms with Gasteiger partial charge < -0.3 is 15.3 Å². The first-order valence-corrected chi connectivity index (χ1v) is 8.07. The number of nitrogens with one attached hydrogen (secondary N) is 1. The van der Waals surface area contributed by atoms with Gasteiger partial charge in [-0.05, 0) is 43.6 Å². The molecule has 2 aliphatic rings. The lowest BCUT2D eigenvalue weighted by Crippen LogP contribution is -2.32. The Morgan fingerprint density at radius 2 is 2.22 bits per heavy atom. The SMILES string of the molecule is COc1cc2c(cc1C)[n+](=O)nc(NC1CC3CCC1C3)n2O. The number of anilines is 1. The molecule has 2 N–H and O–H groups in total. The number of methoxy groups -OCH3 is 1. The highest BCUT2D eigenvalue weighted by atomic mass is 16.5. The summed E-state index contributed by atoms with van der Waals surface area (Å²) < 4.78 is 6.80. The third kappa shape index (κ3) is 2.22. The molecule has 4 rings (SSSR count). The second-order valence-electron chi connectivity index (χ2n) is 6.74. The van der Waals surface area contributed by atoms with Crippen LogP contribution in [0.3, 0.4) is 0 Å². The zero-order valence-electron chi connectivity index (χ0n) is 13.3. The monoisotopic (exact) mass is 317 g/mol. The molecule has 0 radical (unpaired) electrons. The standard InChI is InChI=1S/C16H21N4O3/c1-9-5-14-13(8-15(9)23-2)19(21)16(18-20(14)22)17-12-7-10-3-4-11(12)6-10/h5,8,10-12,21H,3-4,6-7H2,1-2H3,(H,17,18,22)/q+1. The smallest absolute Gasteiger partial charge is 0.322 e. The number of aryl methyl sites for hydroxylation is 1. The summed E-state index contributed by atoms with van der Waals surface area (Å²) in [7, 11) is 1.57. The van der Waals surface area contributed by atoms with Crippen LogP contribution in [-0.2, 0) is 0 Å². The molecule has 23 heavy (non-hydrogen) atoms. The predicted molar refractivity (Wildman–Crippen MR) is 84.4 cm³/mol. The molecule has 3 atom stereocenters. The lowest BCUT2D eigenvalue weighted by Gasteiger charge is -2.22. The molecule has 2 aromatic rings. The molecule has 7 nitrogen and oxygen atoms in total. The highest BCUT2D eigenvalue weighted by Crippen LogP contribution is 2.45. The van der Waals surface area contributed by atoms with E-state index in [2.05, 4.69) is 10.4 Å². The van der Waals surface area contributed by atoms with Gasteiger partial charge in [-0.2, -0.15) is 0 Å². The van der Waals surface area contributed by atoms with Gasteiger partial charge in [0.05, 0.1) is 17.1 Å². The molecule has 0 spiro atoms. The van der Waals surface area contributed by atoms with E-state index in [0.29, 0.717) is 27.2 Å². The number of rotatable bonds is 3. The highest BCUT2D eigenvalue weighted by Gasteiger charge is 2.40. The fourth-order valence-electron chi connectivity index (χ4n) is 4.18. The van der Waals surface area contributed by atoms with Crippen molar-refractivity contribution in [1.82, 2.24) is 9.83 Å². The molecule has 2 aliphatic carbocycles. The Bertz CT molecular complexity index is 832. The Kier molecular flexibility index (Phi) is 3.18. The Morgan fingerprint density at radius 3 is 2.87 bits per heavy atom. The van der Waals surface area contributed by atoms with E-state index >= 15 is 0 Å². The molecule has 2 bridgehead atoms. The molecule has 0 amide bonds. The fourth-order valence-corrected chi connectivity index (χ4v) is 4.18. The van der Waals surface area contributed by atoms with E-state index in [4.69, 9.17) is 4.74 Å². The molecule has 2 saturated carbocycles. The van der Waals surface area contributed by atoms with Crippen LogP contribution in [0.4, 0.5) is 5.95 Å². The second kappa shape index (κ2) is 5.11. The van der Waals surface area contributed by atoms with Crippen molar-refractivity contribution in [3.63, 3.8) is 0 Å². The van der Waals surface area contributed by atoms with E-state index in [-0.39, 0.29) is 12.0 Å². The molecule has 0 saturated heterocycles. The van der Waals surface area contributed by atoms with Gasteiger partial charge in [-0.25, -0.2) is 0 Å². The van der Waals surface area contributed by atoms with Gasteiger partial charge in [-0.1, -0.05) is 6.42 Å². The lowest BCUT2D eigenvalue weighted by atomic mass is 9.95. The Hall–Kier alpha value is -2.31. The minimum Gasteiger partial charge on any atom is -0.496 e. The van der Waals surface area contributed by atoms with Crippen LogP contribution in [0.15, 0.2) is 12.1 Å². The average molecular weight is 317 g/mol. The topological polar surface area (TPSA) is 82.3 Å². The Labute approximate surface area is 133 Å². The molecule has 0 aliphatic heterocycles. The molecule has 1 heterocycles. The fraction of sp³-hybridized carbons (Fsp3) is 0.562. The van der Waals surface area contributed by atoms with Crippen molar-refractivity contribution in [1.29, 1.82) is 0 Å². The summed E-state index contributed by atoms with van der Waals surface area (Å²) in [5, 5.41) is 17.7. The Morgan fingerprint density at radius 1 is 1.39 bits per heavy atom. The van der Waals surface area contributed by atoms with Crippen LogP contribution in [0.2, 0.25) is 0 Å². The maximum Gasteiger partial charge on any atom is 0.322 e. The second-order valence-corrected chi connectivity index (χ2v) is 6.74. The maximum atomic E-state index is 12.2. The molecule has 3 unspecified atom stereocenters. The summed E-state index contributed by atoms with van der Waals surface area (Å²) in [4.78, 5) is 12.2. The summed E-state index contributed by atoms with van der Waals surface area (Å²) >= 11 is 0. The molecule has 1 aromatic carbocycles. The van der Waals surface area contributed by atoms with Crippen LogP contribution in [0, 0.1) is 23.7 Å². The summed E-state index contributed by atoms with van der Waals surface area (Å²) in [6.07, 6.45) is 4.83. The summed E-state index contributed by atoms with van der Waals surface area (Å²) in [6.45, 7) is 1.85. The number of ether oxygens (including phenoxy) is 1. The van der Waals surface area contributed by atoms with Gasteiger partial charge in [0, 0.05) is 18.2 Å². The zero-order chi connectivity index (χ0) is 16.1. The third-order valence-electron chi connectivity index (χ3n) is 5.37. The number of hydrogen-bond acceptors (Lipinski definition) is 5. The first-order chi connectivity index (χ1) is 11.1. The first kappa shape index (κ1) is 14.3. The third-order valence-corrected chi connectivity index (χ3v) is 5.37. The number of benzene rings is 1. The van der Waals surface area contributed by atoms with Crippen LogP contribution >= 0.6 is 0 Å². The molecule has 2 fully saturated rings. The average Bonchev–Trinajstić information content (AvgIpc) is 3.15. The van der Waals surface area contributed by atoms with Crippen LogP contribution in [-0.4, -0.2) is 28.2 Å². The minimum absolute atomic E-state index is 0.191. The lowest BCUT2D eigenvalue weighted by molar-refractivity contribution is -0.535. The van der Waals surface area contributed by atoms with Crippen molar-refractivity contribution in [3.8, 4) is 5.75 Å². The van der Waals surface area contributed by atoms with Crippen molar-refractivity contribution >= 4 is 17.0 Å². The maximum absolute atomic E-state index is 12.2. The zero-order valence-corrected chi connectivity index (χ0v) is 13.3. The predicted octanol–water partition coefficient (Wildman–Crippen LogP) is 2.11. The van der Waals surface area contributed by atoms with E-state index in [0.717, 1.165) is 22.6 Å². The van der Waals surface area contributed by atoms with Gasteiger partial charge in [0.15, 0.2) is 10.1 Å². The minimum atomic E-state index is 0.191. The van der Waals surface area contributed by atoms with Gasteiger partial charge in [0.2, 0.25) is 0 Å². The van der Waals surface area contributed by atoms with Gasteiger partial charge >= 0.3 is 11.5 Å². The molecule has 122 valence electrons. The molecule has 7 heteroatoms. The molecular formula is C16H21N4O3+. The molecule has 1 aromatic heterocycles. The molecular weight excluding hydrogens is 296 g/mol. The highest BCUT2D eigenvalue weighted by molar-refractivity contribution is 5.75. The first-order valence-electron chi connectivity index (χ1n) is 8.07. The summed E-state index contributed by atoms with van der Waals surface area (Å²) in [5.41, 5.74) is 1.51. The van der Waals surface area contributed by atoms with Crippen molar-refractivity contribution in [3.05, 3.63) is 22.6 Å². The quantitative estimate of drug-likeness (QED) is 0.669. The Balaban J connectivity index is 1.77. The summed E-state index contributed by atoms with van der Waals surface area (Å²) in [6, 6.07) is 3.61. The van der Waals surface area contributed by atoms with Crippen LogP contribution in [0.25, 0.3) is 11.0 Å². The van der Waals surface area contributed by atoms with Crippen molar-refractivity contribution in [2.45, 2.75) is 38.6 Å². The summed E-state index contributed by atoms with van der Waals surface area (Å²) in [5.74, 6) is 2.20. The van der Waals surface area contributed by atoms with Gasteiger partial charge in [0.1, 0.15) is 5.75 Å². The van der Waals surface area contributed by atoms with E-state index < -0.39 is 0 Å². The number of fused-ring (bicyclic) bond motifs is 3. The van der Waals surface area contributed by atoms with Crippen molar-refractivity contribution < 1.29 is 14.5 Å². The van der Waals surface area contributed by atoms with E-state index in [1.54, 1.807) is 19.2 Å². The van der Waals surface area contributed by atoms with Gasteiger partial charge in [-0.15, -0.1) is 4.73 Å². The number of nitrogens with zero attached hydrogens (tertiary/aromatic N) is 3. The normalized spacial score (nSPS) is 25.9. The van der Waals surface area contributed by atoms with Gasteiger partial charge in [0.25, 0.3) is 0 Å². The van der Waals surface area contributed by atoms with Crippen molar-refractivity contribution in [2.75, 3.05) is 12.4 Å². The van der Waals surface area contributed by atoms with E-state index in [1.165, 1.54) is 19.3 Å². The van der Waals surface area contributed by atoms with Crippen LogP contribution < -0.4 is 14.6 Å². The number of hydrogen-bond donors (Lipinski definition) is 2. The number of aromatic nitrogens is 3. The largest absolute Gasteiger partial charge is 0.496 e. The van der Waals surface area contributed by atoms with Gasteiger partial charge in [-0.3, -0.25) is 0 Å². The van der Waals surface area contributed by atoms with E-state index in [1.807, 2.05) is 6.92 Å². The van der Waals surface area contributed by atoms with Crippen LogP contribution in [0.1, 0.15) is 31.2 Å². The van der Waals surface area contributed by atoms with E-state index in [9.17, 15) is 10.1 Å².